The minimum Gasteiger partial charge on any atom is -0.486 e. The Morgan fingerprint density at radius 1 is 1.29 bits per heavy atom. The van der Waals surface area contributed by atoms with Crippen LogP contribution in [0.15, 0.2) is 18.2 Å². The van der Waals surface area contributed by atoms with Crippen molar-refractivity contribution < 1.29 is 9.84 Å². The molecule has 0 fully saturated rings. The summed E-state index contributed by atoms with van der Waals surface area (Å²) in [5.41, 5.74) is 8.25. The van der Waals surface area contributed by atoms with Crippen LogP contribution in [0.3, 0.4) is 0 Å². The molecule has 2 atom stereocenters. The molecule has 0 bridgehead atoms. The second kappa shape index (κ2) is 6.03. The Hall–Kier alpha value is -1.06. The molecular weight excluding hydrogens is 214 g/mol. The van der Waals surface area contributed by atoms with Crippen LogP contribution >= 0.6 is 0 Å². The van der Waals surface area contributed by atoms with Gasteiger partial charge in [-0.3, -0.25) is 0 Å². The molecule has 0 amide bonds. The molecule has 3 heteroatoms. The summed E-state index contributed by atoms with van der Waals surface area (Å²) in [7, 11) is 0. The molecular formula is C14H23NO2. The normalized spacial score (nSPS) is 14.8. The summed E-state index contributed by atoms with van der Waals surface area (Å²) >= 11 is 0. The Bertz CT molecular complexity index is 361. The van der Waals surface area contributed by atoms with E-state index in [9.17, 15) is 0 Å². The molecule has 1 aromatic rings. The molecule has 0 aliphatic heterocycles. The maximum atomic E-state index is 9.16. The van der Waals surface area contributed by atoms with Gasteiger partial charge in [-0.2, -0.15) is 0 Å². The van der Waals surface area contributed by atoms with Gasteiger partial charge in [0.2, 0.25) is 0 Å². The summed E-state index contributed by atoms with van der Waals surface area (Å²) in [6, 6.07) is 5.82. The van der Waals surface area contributed by atoms with E-state index >= 15 is 0 Å². The maximum absolute atomic E-state index is 9.16. The molecule has 0 saturated heterocycles. The molecule has 2 unspecified atom stereocenters. The second-order valence-electron chi connectivity index (χ2n) is 4.87. The topological polar surface area (TPSA) is 55.5 Å². The molecule has 1 aromatic carbocycles. The monoisotopic (exact) mass is 237 g/mol. The minimum atomic E-state index is -0.348. The quantitative estimate of drug-likeness (QED) is 0.825. The summed E-state index contributed by atoms with van der Waals surface area (Å²) < 4.78 is 5.67. The van der Waals surface area contributed by atoms with Crippen molar-refractivity contribution in [2.45, 2.75) is 45.8 Å². The van der Waals surface area contributed by atoms with Gasteiger partial charge in [-0.1, -0.05) is 19.9 Å². The summed E-state index contributed by atoms with van der Waals surface area (Å²) in [4.78, 5) is 0. The van der Waals surface area contributed by atoms with E-state index in [4.69, 9.17) is 15.6 Å². The molecule has 0 aliphatic rings. The molecule has 3 nitrogen and oxygen atoms in total. The van der Waals surface area contributed by atoms with Crippen LogP contribution in [-0.2, 0) is 0 Å². The number of hydrogen-bond donors (Lipinski definition) is 2. The van der Waals surface area contributed by atoms with E-state index in [1.165, 1.54) is 11.1 Å². The van der Waals surface area contributed by atoms with Gasteiger partial charge in [-0.15, -0.1) is 0 Å². The van der Waals surface area contributed by atoms with Crippen molar-refractivity contribution in [2.24, 2.45) is 5.73 Å². The standard InChI is InChI=1S/C14H23NO2/c1-9(2)13-6-5-12(7-10(13)3)17-14(8-16)11(4)15/h5-7,9,11,14,16H,8,15H2,1-4H3. The molecule has 0 saturated carbocycles. The molecule has 0 aromatic heterocycles. The zero-order valence-corrected chi connectivity index (χ0v) is 11.1. The van der Waals surface area contributed by atoms with E-state index in [1.807, 2.05) is 19.1 Å². The molecule has 0 radical (unpaired) electrons. The van der Waals surface area contributed by atoms with Crippen LogP contribution in [0.2, 0.25) is 0 Å². The molecule has 0 aliphatic carbocycles. The van der Waals surface area contributed by atoms with E-state index in [1.54, 1.807) is 0 Å². The van der Waals surface area contributed by atoms with Crippen molar-refractivity contribution in [3.8, 4) is 5.75 Å². The van der Waals surface area contributed by atoms with Gasteiger partial charge in [0.25, 0.3) is 0 Å². The average Bonchev–Trinajstić information content (AvgIpc) is 2.24. The van der Waals surface area contributed by atoms with E-state index in [-0.39, 0.29) is 18.8 Å². The van der Waals surface area contributed by atoms with E-state index < -0.39 is 0 Å². The zero-order valence-electron chi connectivity index (χ0n) is 11.1. The van der Waals surface area contributed by atoms with Crippen LogP contribution in [-0.4, -0.2) is 23.9 Å². The van der Waals surface area contributed by atoms with Crippen LogP contribution in [0.5, 0.6) is 5.75 Å². The van der Waals surface area contributed by atoms with Gasteiger partial charge in [-0.25, -0.2) is 0 Å². The zero-order chi connectivity index (χ0) is 13.0. The lowest BCUT2D eigenvalue weighted by atomic mass is 9.98. The fourth-order valence-electron chi connectivity index (χ4n) is 1.85. The summed E-state index contributed by atoms with van der Waals surface area (Å²) in [6.45, 7) is 8.17. The summed E-state index contributed by atoms with van der Waals surface area (Å²) in [5, 5.41) is 9.16. The Morgan fingerprint density at radius 2 is 1.94 bits per heavy atom. The van der Waals surface area contributed by atoms with Crippen molar-refractivity contribution in [1.29, 1.82) is 0 Å². The highest BCUT2D eigenvalue weighted by Gasteiger charge is 2.15. The number of aliphatic hydroxyl groups excluding tert-OH is 1. The first-order valence-electron chi connectivity index (χ1n) is 6.09. The maximum Gasteiger partial charge on any atom is 0.136 e. The lowest BCUT2D eigenvalue weighted by molar-refractivity contribution is 0.0990. The Labute approximate surface area is 104 Å². The summed E-state index contributed by atoms with van der Waals surface area (Å²) in [5.74, 6) is 1.27. The highest BCUT2D eigenvalue weighted by atomic mass is 16.5. The van der Waals surface area contributed by atoms with Gasteiger partial charge >= 0.3 is 0 Å². The molecule has 0 heterocycles. The number of rotatable bonds is 5. The van der Waals surface area contributed by atoms with Crippen molar-refractivity contribution >= 4 is 0 Å². The van der Waals surface area contributed by atoms with Gasteiger partial charge in [0, 0.05) is 6.04 Å². The van der Waals surface area contributed by atoms with Crippen LogP contribution in [0.25, 0.3) is 0 Å². The predicted molar refractivity (Wildman–Crippen MR) is 70.4 cm³/mol. The van der Waals surface area contributed by atoms with Crippen molar-refractivity contribution in [2.75, 3.05) is 6.61 Å². The number of nitrogens with two attached hydrogens (primary N) is 1. The van der Waals surface area contributed by atoms with Crippen molar-refractivity contribution in [3.05, 3.63) is 29.3 Å². The van der Waals surface area contributed by atoms with E-state index in [0.717, 1.165) is 5.75 Å². The number of benzene rings is 1. The highest BCUT2D eigenvalue weighted by molar-refractivity contribution is 5.36. The molecule has 17 heavy (non-hydrogen) atoms. The average molecular weight is 237 g/mol. The Kier molecular flexibility index (Phi) is 4.97. The molecule has 1 rings (SSSR count). The first-order chi connectivity index (χ1) is 7.95. The summed E-state index contributed by atoms with van der Waals surface area (Å²) in [6.07, 6.45) is -0.348. The fourth-order valence-corrected chi connectivity index (χ4v) is 1.85. The highest BCUT2D eigenvalue weighted by Crippen LogP contribution is 2.24. The van der Waals surface area contributed by atoms with Gasteiger partial charge in [0.05, 0.1) is 6.61 Å². The smallest absolute Gasteiger partial charge is 0.136 e. The Balaban J connectivity index is 2.83. The SMILES string of the molecule is Cc1cc(OC(CO)C(C)N)ccc1C(C)C. The van der Waals surface area contributed by atoms with E-state index in [0.29, 0.717) is 5.92 Å². The largest absolute Gasteiger partial charge is 0.486 e. The van der Waals surface area contributed by atoms with Crippen LogP contribution < -0.4 is 10.5 Å². The lowest BCUT2D eigenvalue weighted by Gasteiger charge is -2.21. The second-order valence-corrected chi connectivity index (χ2v) is 4.87. The number of aryl methyl sites for hydroxylation is 1. The molecule has 3 N–H and O–H groups in total. The van der Waals surface area contributed by atoms with Crippen molar-refractivity contribution in [3.63, 3.8) is 0 Å². The number of aliphatic hydroxyl groups is 1. The lowest BCUT2D eigenvalue weighted by Crippen LogP contribution is -2.39. The minimum absolute atomic E-state index is 0.0668. The number of hydrogen-bond acceptors (Lipinski definition) is 3. The Morgan fingerprint density at radius 3 is 2.35 bits per heavy atom. The van der Waals surface area contributed by atoms with Gasteiger partial charge < -0.3 is 15.6 Å². The first-order valence-corrected chi connectivity index (χ1v) is 6.09. The third-order valence-corrected chi connectivity index (χ3v) is 2.92. The molecule has 96 valence electrons. The van der Waals surface area contributed by atoms with Gasteiger partial charge in [0.15, 0.2) is 0 Å². The number of ether oxygens (including phenoxy) is 1. The van der Waals surface area contributed by atoms with Gasteiger partial charge in [0.1, 0.15) is 11.9 Å². The fraction of sp³-hybridized carbons (Fsp3) is 0.571. The van der Waals surface area contributed by atoms with Gasteiger partial charge in [-0.05, 0) is 43.0 Å². The third kappa shape index (κ3) is 3.72. The van der Waals surface area contributed by atoms with E-state index in [2.05, 4.69) is 26.8 Å². The predicted octanol–water partition coefficient (Wildman–Crippen LogP) is 2.21. The van der Waals surface area contributed by atoms with Crippen LogP contribution in [0.1, 0.15) is 37.8 Å². The molecule has 0 spiro atoms. The van der Waals surface area contributed by atoms with Crippen LogP contribution in [0, 0.1) is 6.92 Å². The third-order valence-electron chi connectivity index (χ3n) is 2.92. The van der Waals surface area contributed by atoms with Crippen LogP contribution in [0.4, 0.5) is 0 Å². The first kappa shape index (κ1) is 14.0. The van der Waals surface area contributed by atoms with Crippen molar-refractivity contribution in [1.82, 2.24) is 0 Å².